The molecule has 0 fully saturated rings. The lowest BCUT2D eigenvalue weighted by molar-refractivity contribution is 0.225. The second-order valence-electron chi connectivity index (χ2n) is 8.44. The number of imidazole rings is 1. The van der Waals surface area contributed by atoms with Crippen LogP contribution in [0.5, 0.6) is 5.88 Å². The van der Waals surface area contributed by atoms with Crippen molar-refractivity contribution in [2.75, 3.05) is 13.7 Å². The number of ether oxygens (including phenoxy) is 1. The fourth-order valence-electron chi connectivity index (χ4n) is 3.75. The molecule has 2 heterocycles. The number of benzene rings is 2. The summed E-state index contributed by atoms with van der Waals surface area (Å²) in [5.74, 6) is 0.516. The molecule has 10 heteroatoms. The van der Waals surface area contributed by atoms with Crippen LogP contribution in [-0.4, -0.2) is 38.5 Å². The third-order valence-electron chi connectivity index (χ3n) is 5.72. The van der Waals surface area contributed by atoms with Crippen LogP contribution < -0.4 is 10.1 Å². The van der Waals surface area contributed by atoms with Crippen molar-refractivity contribution in [2.45, 2.75) is 30.8 Å². The van der Waals surface area contributed by atoms with E-state index in [2.05, 4.69) is 25.9 Å². The number of rotatable bonds is 11. The van der Waals surface area contributed by atoms with Gasteiger partial charge in [0.25, 0.3) is 0 Å². The summed E-state index contributed by atoms with van der Waals surface area (Å²) in [6, 6.07) is 20.5. The van der Waals surface area contributed by atoms with Crippen LogP contribution in [0.3, 0.4) is 0 Å². The normalized spacial score (nSPS) is 10.6. The van der Waals surface area contributed by atoms with Crippen molar-refractivity contribution in [3.63, 3.8) is 0 Å². The maximum absolute atomic E-state index is 13.2. The summed E-state index contributed by atoms with van der Waals surface area (Å²) in [6.45, 7) is 1.55. The molecule has 0 unspecified atom stereocenters. The Hall–Kier alpha value is -4.00. The SMILES string of the molecule is COc1ccc(SN(CCCc2cncn2Cc2ccc(C#N)cc2)C(=O)NCc2cccc(Cl)c2)cn1. The minimum Gasteiger partial charge on any atom is -0.481 e. The van der Waals surface area contributed by atoms with Gasteiger partial charge < -0.3 is 14.6 Å². The highest BCUT2D eigenvalue weighted by molar-refractivity contribution is 7.97. The van der Waals surface area contributed by atoms with E-state index in [0.717, 1.165) is 34.6 Å². The van der Waals surface area contributed by atoms with Crippen LogP contribution in [0, 0.1) is 11.3 Å². The van der Waals surface area contributed by atoms with Gasteiger partial charge in [0, 0.05) is 53.7 Å². The highest BCUT2D eigenvalue weighted by Crippen LogP contribution is 2.24. The second kappa shape index (κ2) is 13.5. The minimum absolute atomic E-state index is 0.197. The molecular weight excluding hydrogens is 520 g/mol. The highest BCUT2D eigenvalue weighted by Gasteiger charge is 2.16. The average Bonchev–Trinajstić information content (AvgIpc) is 3.38. The molecule has 4 aromatic rings. The Kier molecular flexibility index (Phi) is 9.62. The first-order valence-electron chi connectivity index (χ1n) is 12.0. The fraction of sp³-hybridized carbons (Fsp3) is 0.214. The largest absolute Gasteiger partial charge is 0.481 e. The number of nitriles is 1. The van der Waals surface area contributed by atoms with Gasteiger partial charge in [-0.25, -0.2) is 14.8 Å². The number of hydrogen-bond acceptors (Lipinski definition) is 6. The molecule has 0 saturated heterocycles. The lowest BCUT2D eigenvalue weighted by atomic mass is 10.1. The van der Waals surface area contributed by atoms with Gasteiger partial charge >= 0.3 is 6.03 Å². The van der Waals surface area contributed by atoms with Crippen molar-refractivity contribution in [1.29, 1.82) is 5.26 Å². The topological polar surface area (TPSA) is 96.1 Å². The molecule has 0 radical (unpaired) electrons. The lowest BCUT2D eigenvalue weighted by Gasteiger charge is -2.22. The number of aryl methyl sites for hydroxylation is 1. The molecule has 0 spiro atoms. The predicted molar refractivity (Wildman–Crippen MR) is 148 cm³/mol. The standard InChI is InChI=1S/C28H27ClN6O2S/c1-37-27-12-11-26(18-32-27)38-35(28(36)33-16-23-4-2-5-24(29)14-23)13-3-6-25-17-31-20-34(25)19-22-9-7-21(15-30)8-10-22/h2,4-5,7-12,14,17-18,20H,3,6,13,16,19H2,1H3,(H,33,36). The van der Waals surface area contributed by atoms with E-state index in [9.17, 15) is 4.79 Å². The van der Waals surface area contributed by atoms with Gasteiger partial charge in [0.15, 0.2) is 0 Å². The lowest BCUT2D eigenvalue weighted by Crippen LogP contribution is -2.36. The Morgan fingerprint density at radius 1 is 1.16 bits per heavy atom. The van der Waals surface area contributed by atoms with Crippen molar-refractivity contribution < 1.29 is 9.53 Å². The van der Waals surface area contributed by atoms with Crippen LogP contribution in [-0.2, 0) is 19.5 Å². The molecule has 8 nitrogen and oxygen atoms in total. The summed E-state index contributed by atoms with van der Waals surface area (Å²) in [5, 5.41) is 12.6. The summed E-state index contributed by atoms with van der Waals surface area (Å²) in [4.78, 5) is 22.6. The fourth-order valence-corrected chi connectivity index (χ4v) is 4.82. The van der Waals surface area contributed by atoms with E-state index in [1.54, 1.807) is 36.1 Å². The minimum atomic E-state index is -0.197. The van der Waals surface area contributed by atoms with E-state index >= 15 is 0 Å². The Morgan fingerprint density at radius 3 is 2.71 bits per heavy atom. The van der Waals surface area contributed by atoms with Gasteiger partial charge in [0.2, 0.25) is 5.88 Å². The first-order chi connectivity index (χ1) is 18.5. The number of halogens is 1. The van der Waals surface area contributed by atoms with Crippen LogP contribution in [0.1, 0.15) is 28.8 Å². The van der Waals surface area contributed by atoms with Gasteiger partial charge in [-0.3, -0.25) is 4.31 Å². The quantitative estimate of drug-likeness (QED) is 0.242. The van der Waals surface area contributed by atoms with Crippen molar-refractivity contribution in [1.82, 2.24) is 24.2 Å². The van der Waals surface area contributed by atoms with Crippen molar-refractivity contribution >= 4 is 29.6 Å². The van der Waals surface area contributed by atoms with E-state index in [0.29, 0.717) is 36.1 Å². The van der Waals surface area contributed by atoms with Crippen LogP contribution in [0.25, 0.3) is 0 Å². The molecule has 0 saturated carbocycles. The summed E-state index contributed by atoms with van der Waals surface area (Å²) >= 11 is 7.42. The number of carbonyl (C=O) groups excluding carboxylic acids is 1. The van der Waals surface area contributed by atoms with Crippen molar-refractivity contribution in [2.24, 2.45) is 0 Å². The molecule has 2 aromatic carbocycles. The summed E-state index contributed by atoms with van der Waals surface area (Å²) < 4.78 is 8.94. The Bertz CT molecular complexity index is 1390. The third kappa shape index (κ3) is 7.75. The van der Waals surface area contributed by atoms with E-state index in [1.807, 2.05) is 54.7 Å². The number of pyridine rings is 1. The molecule has 194 valence electrons. The first-order valence-corrected chi connectivity index (χ1v) is 13.1. The monoisotopic (exact) mass is 546 g/mol. The Labute approximate surface area is 231 Å². The van der Waals surface area contributed by atoms with Crippen molar-refractivity contribution in [3.8, 4) is 11.9 Å². The Balaban J connectivity index is 1.39. The van der Waals surface area contributed by atoms with Crippen LogP contribution >= 0.6 is 23.5 Å². The highest BCUT2D eigenvalue weighted by atomic mass is 35.5. The smallest absolute Gasteiger partial charge is 0.327 e. The van der Waals surface area contributed by atoms with Gasteiger partial charge in [-0.15, -0.1) is 0 Å². The number of hydrogen-bond donors (Lipinski definition) is 1. The molecule has 1 N–H and O–H groups in total. The second-order valence-corrected chi connectivity index (χ2v) is 9.97. The number of nitrogens with one attached hydrogen (secondary N) is 1. The zero-order valence-corrected chi connectivity index (χ0v) is 22.5. The number of amides is 2. The van der Waals surface area contributed by atoms with E-state index in [-0.39, 0.29) is 6.03 Å². The van der Waals surface area contributed by atoms with E-state index in [1.165, 1.54) is 11.9 Å². The molecule has 0 aliphatic carbocycles. The summed E-state index contributed by atoms with van der Waals surface area (Å²) in [5.41, 5.74) is 3.73. The summed E-state index contributed by atoms with van der Waals surface area (Å²) in [6.07, 6.45) is 6.83. The number of carbonyl (C=O) groups is 1. The molecule has 0 atom stereocenters. The number of aromatic nitrogens is 3. The van der Waals surface area contributed by atoms with Gasteiger partial charge in [-0.1, -0.05) is 35.9 Å². The molecule has 0 bridgehead atoms. The first kappa shape index (κ1) is 27.0. The molecule has 0 aliphatic rings. The van der Waals surface area contributed by atoms with Crippen LogP contribution in [0.2, 0.25) is 5.02 Å². The molecular formula is C28H27ClN6O2S. The van der Waals surface area contributed by atoms with E-state index < -0.39 is 0 Å². The van der Waals surface area contributed by atoms with Gasteiger partial charge in [-0.2, -0.15) is 5.26 Å². The number of urea groups is 1. The zero-order chi connectivity index (χ0) is 26.7. The van der Waals surface area contributed by atoms with Gasteiger partial charge in [0.05, 0.1) is 25.1 Å². The Morgan fingerprint density at radius 2 is 2.00 bits per heavy atom. The van der Waals surface area contributed by atoms with Crippen LogP contribution in [0.15, 0.2) is 84.3 Å². The number of methoxy groups -OCH3 is 1. The molecule has 2 amide bonds. The van der Waals surface area contributed by atoms with Gasteiger partial charge in [-0.05, 0) is 66.2 Å². The van der Waals surface area contributed by atoms with Crippen molar-refractivity contribution in [3.05, 3.63) is 107 Å². The molecule has 4 rings (SSSR count). The van der Waals surface area contributed by atoms with Gasteiger partial charge in [0.1, 0.15) is 0 Å². The zero-order valence-electron chi connectivity index (χ0n) is 20.9. The summed E-state index contributed by atoms with van der Waals surface area (Å²) in [7, 11) is 1.57. The molecule has 2 aromatic heterocycles. The maximum Gasteiger partial charge on any atom is 0.327 e. The van der Waals surface area contributed by atoms with Crippen LogP contribution in [0.4, 0.5) is 4.79 Å². The maximum atomic E-state index is 13.2. The predicted octanol–water partition coefficient (Wildman–Crippen LogP) is 5.71. The third-order valence-corrected chi connectivity index (χ3v) is 6.98. The number of nitrogens with zero attached hydrogens (tertiary/aromatic N) is 5. The van der Waals surface area contributed by atoms with E-state index in [4.69, 9.17) is 21.6 Å². The average molecular weight is 547 g/mol. The molecule has 38 heavy (non-hydrogen) atoms. The molecule has 0 aliphatic heterocycles.